The molecule has 0 aliphatic carbocycles. The summed E-state index contributed by atoms with van der Waals surface area (Å²) in [6.07, 6.45) is 0. The van der Waals surface area contributed by atoms with Gasteiger partial charge in [0.15, 0.2) is 0 Å². The van der Waals surface area contributed by atoms with E-state index in [-0.39, 0.29) is 5.69 Å². The highest BCUT2D eigenvalue weighted by Crippen LogP contribution is 2.30. The lowest BCUT2D eigenvalue weighted by Crippen LogP contribution is -1.99. The molecule has 0 aliphatic rings. The molecule has 0 saturated heterocycles. The largest absolute Gasteiger partial charge is 0.494 e. The molecule has 2 aromatic rings. The van der Waals surface area contributed by atoms with E-state index in [0.717, 1.165) is 6.07 Å². The lowest BCUT2D eigenvalue weighted by atomic mass is 10.2. The number of ether oxygens (including phenoxy) is 1. The van der Waals surface area contributed by atoms with E-state index in [1.807, 2.05) is 6.92 Å². The fourth-order valence-corrected chi connectivity index (χ4v) is 1.76. The number of benzene rings is 2. The lowest BCUT2D eigenvalue weighted by molar-refractivity contribution is -0.386. The first kappa shape index (κ1) is 13.8. The van der Waals surface area contributed by atoms with Gasteiger partial charge >= 0.3 is 5.69 Å². The van der Waals surface area contributed by atoms with Crippen LogP contribution < -0.4 is 10.1 Å². The van der Waals surface area contributed by atoms with Gasteiger partial charge in [0.2, 0.25) is 5.82 Å². The molecule has 6 heteroatoms. The molecule has 2 rings (SSSR count). The van der Waals surface area contributed by atoms with Crippen LogP contribution in [-0.4, -0.2) is 11.5 Å². The van der Waals surface area contributed by atoms with Crippen molar-refractivity contribution >= 4 is 17.1 Å². The van der Waals surface area contributed by atoms with Crippen molar-refractivity contribution in [2.45, 2.75) is 6.92 Å². The molecule has 0 aromatic heterocycles. The van der Waals surface area contributed by atoms with E-state index in [0.29, 0.717) is 18.0 Å². The Morgan fingerprint density at radius 3 is 2.55 bits per heavy atom. The van der Waals surface area contributed by atoms with E-state index >= 15 is 0 Å². The fraction of sp³-hybridized carbons (Fsp3) is 0.143. The molecule has 0 aliphatic heterocycles. The topological polar surface area (TPSA) is 64.4 Å². The molecular formula is C14H13FN2O3. The number of anilines is 2. The molecule has 0 heterocycles. The highest BCUT2D eigenvalue weighted by atomic mass is 19.1. The van der Waals surface area contributed by atoms with Gasteiger partial charge in [0, 0.05) is 5.69 Å². The highest BCUT2D eigenvalue weighted by molar-refractivity contribution is 5.70. The highest BCUT2D eigenvalue weighted by Gasteiger charge is 2.19. The predicted octanol–water partition coefficient (Wildman–Crippen LogP) is 3.88. The van der Waals surface area contributed by atoms with Crippen molar-refractivity contribution in [2.75, 3.05) is 11.9 Å². The van der Waals surface area contributed by atoms with E-state index in [4.69, 9.17) is 4.74 Å². The van der Waals surface area contributed by atoms with Crippen LogP contribution in [0.25, 0.3) is 0 Å². The Bertz CT molecular complexity index is 614. The van der Waals surface area contributed by atoms with E-state index in [1.54, 1.807) is 24.3 Å². The van der Waals surface area contributed by atoms with Crippen molar-refractivity contribution in [1.82, 2.24) is 0 Å². The Labute approximate surface area is 115 Å². The minimum Gasteiger partial charge on any atom is -0.494 e. The summed E-state index contributed by atoms with van der Waals surface area (Å²) in [7, 11) is 0. The number of rotatable bonds is 5. The van der Waals surface area contributed by atoms with Gasteiger partial charge in [-0.15, -0.1) is 0 Å². The monoisotopic (exact) mass is 276 g/mol. The van der Waals surface area contributed by atoms with Crippen LogP contribution in [0.2, 0.25) is 0 Å². The zero-order valence-corrected chi connectivity index (χ0v) is 10.8. The third-order valence-electron chi connectivity index (χ3n) is 2.61. The van der Waals surface area contributed by atoms with Gasteiger partial charge in [-0.1, -0.05) is 6.07 Å². The van der Waals surface area contributed by atoms with Gasteiger partial charge in [-0.25, -0.2) is 0 Å². The minimum absolute atomic E-state index is 0.110. The number of nitro benzene ring substituents is 1. The molecule has 0 bridgehead atoms. The first-order valence-corrected chi connectivity index (χ1v) is 6.04. The Hall–Kier alpha value is -2.63. The molecule has 20 heavy (non-hydrogen) atoms. The average Bonchev–Trinajstić information content (AvgIpc) is 2.41. The van der Waals surface area contributed by atoms with Gasteiger partial charge in [-0.05, 0) is 43.3 Å². The summed E-state index contributed by atoms with van der Waals surface area (Å²) in [5, 5.41) is 13.7. The quantitative estimate of drug-likeness (QED) is 0.665. The number of para-hydroxylation sites is 1. The number of hydrogen-bond donors (Lipinski definition) is 1. The van der Waals surface area contributed by atoms with E-state index < -0.39 is 16.4 Å². The van der Waals surface area contributed by atoms with Gasteiger partial charge in [0.25, 0.3) is 0 Å². The smallest absolute Gasteiger partial charge is 0.327 e. The molecule has 0 unspecified atom stereocenters. The number of nitrogens with zero attached hydrogens (tertiary/aromatic N) is 1. The van der Waals surface area contributed by atoms with Crippen LogP contribution in [0.5, 0.6) is 5.75 Å². The van der Waals surface area contributed by atoms with E-state index in [9.17, 15) is 14.5 Å². The molecule has 5 nitrogen and oxygen atoms in total. The molecule has 0 saturated carbocycles. The zero-order chi connectivity index (χ0) is 14.5. The third-order valence-corrected chi connectivity index (χ3v) is 2.61. The standard InChI is InChI=1S/C14H13FN2O3/c1-2-20-11-8-6-10(7-9-11)16-13-5-3-4-12(15)14(13)17(18)19/h3-9,16H,2H2,1H3. The normalized spacial score (nSPS) is 10.1. The number of nitrogens with one attached hydrogen (secondary N) is 1. The molecule has 0 fully saturated rings. The molecule has 104 valence electrons. The summed E-state index contributed by atoms with van der Waals surface area (Å²) in [6.45, 7) is 2.43. The molecular weight excluding hydrogens is 263 g/mol. The Morgan fingerprint density at radius 1 is 1.25 bits per heavy atom. The summed E-state index contributed by atoms with van der Waals surface area (Å²) in [6, 6.07) is 10.8. The predicted molar refractivity (Wildman–Crippen MR) is 73.9 cm³/mol. The van der Waals surface area contributed by atoms with Crippen molar-refractivity contribution in [3.8, 4) is 5.75 Å². The summed E-state index contributed by atoms with van der Waals surface area (Å²) >= 11 is 0. The second kappa shape index (κ2) is 6.01. The maximum atomic E-state index is 13.5. The number of nitro groups is 1. The van der Waals surface area contributed by atoms with Crippen molar-refractivity contribution in [3.63, 3.8) is 0 Å². The fourth-order valence-electron chi connectivity index (χ4n) is 1.76. The van der Waals surface area contributed by atoms with Gasteiger partial charge in [0.05, 0.1) is 11.5 Å². The Morgan fingerprint density at radius 2 is 1.95 bits per heavy atom. The van der Waals surface area contributed by atoms with Crippen molar-refractivity contribution in [2.24, 2.45) is 0 Å². The maximum Gasteiger partial charge on any atom is 0.327 e. The second-order valence-corrected chi connectivity index (χ2v) is 3.98. The van der Waals surface area contributed by atoms with Crippen LogP contribution in [0.15, 0.2) is 42.5 Å². The average molecular weight is 276 g/mol. The van der Waals surface area contributed by atoms with Crippen molar-refractivity contribution < 1.29 is 14.1 Å². The summed E-state index contributed by atoms with van der Waals surface area (Å²) in [4.78, 5) is 10.1. The lowest BCUT2D eigenvalue weighted by Gasteiger charge is -2.08. The van der Waals surface area contributed by atoms with Crippen LogP contribution in [0.1, 0.15) is 6.92 Å². The van der Waals surface area contributed by atoms with Crippen LogP contribution in [-0.2, 0) is 0 Å². The van der Waals surface area contributed by atoms with Crippen molar-refractivity contribution in [1.29, 1.82) is 0 Å². The van der Waals surface area contributed by atoms with Crippen LogP contribution in [0, 0.1) is 15.9 Å². The molecule has 0 spiro atoms. The van der Waals surface area contributed by atoms with Crippen molar-refractivity contribution in [3.05, 3.63) is 58.4 Å². The van der Waals surface area contributed by atoms with E-state index in [1.165, 1.54) is 12.1 Å². The summed E-state index contributed by atoms with van der Waals surface area (Å²) in [5.41, 5.74) is 0.155. The van der Waals surface area contributed by atoms with Gasteiger partial charge in [0.1, 0.15) is 11.4 Å². The molecule has 0 atom stereocenters. The maximum absolute atomic E-state index is 13.5. The third kappa shape index (κ3) is 3.03. The van der Waals surface area contributed by atoms with E-state index in [2.05, 4.69) is 5.32 Å². The van der Waals surface area contributed by atoms with Gasteiger partial charge in [-0.3, -0.25) is 10.1 Å². The van der Waals surface area contributed by atoms with Gasteiger partial charge < -0.3 is 10.1 Å². The first-order valence-electron chi connectivity index (χ1n) is 6.04. The number of hydrogen-bond acceptors (Lipinski definition) is 4. The molecule has 0 amide bonds. The summed E-state index contributed by atoms with van der Waals surface area (Å²) < 4.78 is 18.8. The number of halogens is 1. The first-order chi connectivity index (χ1) is 9.61. The van der Waals surface area contributed by atoms with Crippen LogP contribution >= 0.6 is 0 Å². The van der Waals surface area contributed by atoms with Gasteiger partial charge in [-0.2, -0.15) is 4.39 Å². The SMILES string of the molecule is CCOc1ccc(Nc2cccc(F)c2[N+](=O)[O-])cc1. The molecule has 2 aromatic carbocycles. The van der Waals surface area contributed by atoms with Crippen LogP contribution in [0.3, 0.4) is 0 Å². The Balaban J connectivity index is 2.26. The zero-order valence-electron chi connectivity index (χ0n) is 10.8. The summed E-state index contributed by atoms with van der Waals surface area (Å²) in [5.74, 6) is -0.169. The molecule has 0 radical (unpaired) electrons. The van der Waals surface area contributed by atoms with Crippen LogP contribution in [0.4, 0.5) is 21.5 Å². The second-order valence-electron chi connectivity index (χ2n) is 3.98. The minimum atomic E-state index is -0.870. The Kier molecular flexibility index (Phi) is 4.14. The molecule has 1 N–H and O–H groups in total.